The first-order chi connectivity index (χ1) is 13.2. The van der Waals surface area contributed by atoms with Crippen molar-refractivity contribution < 1.29 is 14.7 Å². The third-order valence-corrected chi connectivity index (χ3v) is 5.12. The number of amides is 3. The van der Waals surface area contributed by atoms with Crippen molar-refractivity contribution in [3.8, 4) is 0 Å². The third kappa shape index (κ3) is 3.86. The number of carbonyl (C=O) groups is 2. The quantitative estimate of drug-likeness (QED) is 0.631. The van der Waals surface area contributed by atoms with Gasteiger partial charge >= 0.3 is 6.03 Å². The number of anilines is 2. The number of likely N-dealkylation sites (N-methyl/N-ethyl adjacent to an activating group) is 1. The molecule has 0 saturated carbocycles. The summed E-state index contributed by atoms with van der Waals surface area (Å²) < 4.78 is 0.665. The fraction of sp³-hybridized carbons (Fsp3) is 0.263. The van der Waals surface area contributed by atoms with Crippen LogP contribution in [0.15, 0.2) is 46.9 Å². The average Bonchev–Trinajstić information content (AvgIpc) is 2.63. The zero-order chi connectivity index (χ0) is 20.5. The lowest BCUT2D eigenvalue weighted by Gasteiger charge is -2.42. The van der Waals surface area contributed by atoms with Crippen molar-refractivity contribution in [2.45, 2.75) is 5.72 Å². The van der Waals surface area contributed by atoms with Crippen LogP contribution in [0.2, 0.25) is 5.02 Å². The summed E-state index contributed by atoms with van der Waals surface area (Å²) in [4.78, 5) is 28.9. The number of carbonyl (C=O) groups excluding carboxylic acids is 2. The minimum Gasteiger partial charge on any atom is -0.359 e. The van der Waals surface area contributed by atoms with Crippen molar-refractivity contribution in [1.29, 1.82) is 0 Å². The Balaban J connectivity index is 2.10. The van der Waals surface area contributed by atoms with Gasteiger partial charge in [-0.05, 0) is 56.6 Å². The first kappa shape index (κ1) is 20.6. The summed E-state index contributed by atoms with van der Waals surface area (Å²) in [6.45, 7) is 0.897. The topological polar surface area (TPSA) is 84.9 Å². The van der Waals surface area contributed by atoms with Gasteiger partial charge in [-0.2, -0.15) is 0 Å². The molecule has 148 valence electrons. The molecule has 1 atom stereocenters. The second-order valence-electron chi connectivity index (χ2n) is 6.66. The summed E-state index contributed by atoms with van der Waals surface area (Å²) in [7, 11) is 3.75. The predicted octanol–water partition coefficient (Wildman–Crippen LogP) is 2.98. The maximum atomic E-state index is 13.1. The van der Waals surface area contributed by atoms with E-state index in [2.05, 4.69) is 26.6 Å². The first-order valence-electron chi connectivity index (χ1n) is 8.55. The van der Waals surface area contributed by atoms with E-state index < -0.39 is 17.7 Å². The number of rotatable bonds is 5. The molecule has 0 unspecified atom stereocenters. The summed E-state index contributed by atoms with van der Waals surface area (Å²) in [5.41, 5.74) is -1.28. The predicted molar refractivity (Wildman–Crippen MR) is 113 cm³/mol. The Kier molecular flexibility index (Phi) is 5.95. The number of aliphatic hydroxyl groups is 1. The number of urea groups is 1. The normalized spacial score (nSPS) is 18.6. The molecule has 3 rings (SSSR count). The fourth-order valence-corrected chi connectivity index (χ4v) is 3.47. The molecule has 1 aliphatic rings. The Morgan fingerprint density at radius 2 is 1.96 bits per heavy atom. The molecule has 0 radical (unpaired) electrons. The Labute approximate surface area is 176 Å². The van der Waals surface area contributed by atoms with Crippen molar-refractivity contribution in [2.75, 3.05) is 37.4 Å². The van der Waals surface area contributed by atoms with Crippen LogP contribution in [-0.2, 0) is 10.5 Å². The fourth-order valence-electron chi connectivity index (χ4n) is 2.99. The molecule has 0 fully saturated rings. The van der Waals surface area contributed by atoms with Crippen LogP contribution in [0.3, 0.4) is 0 Å². The van der Waals surface area contributed by atoms with Crippen LogP contribution in [0.1, 0.15) is 5.56 Å². The van der Waals surface area contributed by atoms with Gasteiger partial charge in [-0.3, -0.25) is 9.69 Å². The first-order valence-corrected chi connectivity index (χ1v) is 9.73. The number of benzene rings is 2. The molecular weight excluding hydrogens is 448 g/mol. The van der Waals surface area contributed by atoms with E-state index in [9.17, 15) is 14.7 Å². The van der Waals surface area contributed by atoms with E-state index >= 15 is 0 Å². The van der Waals surface area contributed by atoms with E-state index in [1.54, 1.807) is 42.5 Å². The lowest BCUT2D eigenvalue weighted by atomic mass is 9.95. The van der Waals surface area contributed by atoms with Crippen molar-refractivity contribution in [3.05, 3.63) is 57.5 Å². The maximum absolute atomic E-state index is 13.1. The molecule has 0 aliphatic carbocycles. The lowest BCUT2D eigenvalue weighted by molar-refractivity contribution is -0.140. The molecule has 1 heterocycles. The van der Waals surface area contributed by atoms with Crippen LogP contribution in [-0.4, -0.2) is 49.1 Å². The number of hydrogen-bond acceptors (Lipinski definition) is 4. The van der Waals surface area contributed by atoms with Crippen LogP contribution in [0.4, 0.5) is 16.2 Å². The molecule has 3 N–H and O–H groups in total. The summed E-state index contributed by atoms with van der Waals surface area (Å²) in [6, 6.07) is 10.7. The SMILES string of the molecule is CN(C)CCNC(=O)[C@@]1(O)c2cc(Br)ccc2NC(=O)N1c1ccc(Cl)cc1. The van der Waals surface area contributed by atoms with Crippen LogP contribution < -0.4 is 15.5 Å². The van der Waals surface area contributed by atoms with Gasteiger partial charge < -0.3 is 20.6 Å². The van der Waals surface area contributed by atoms with E-state index in [1.165, 1.54) is 0 Å². The molecular formula is C19H20BrClN4O3. The van der Waals surface area contributed by atoms with Crippen molar-refractivity contribution in [1.82, 2.24) is 10.2 Å². The van der Waals surface area contributed by atoms with Crippen LogP contribution in [0, 0.1) is 0 Å². The molecule has 0 aromatic heterocycles. The Hall–Kier alpha value is -2.13. The van der Waals surface area contributed by atoms with Gasteiger partial charge in [0.15, 0.2) is 0 Å². The zero-order valence-corrected chi connectivity index (χ0v) is 17.7. The van der Waals surface area contributed by atoms with E-state index in [0.717, 1.165) is 4.90 Å². The summed E-state index contributed by atoms with van der Waals surface area (Å²) >= 11 is 9.31. The molecule has 28 heavy (non-hydrogen) atoms. The minimum atomic E-state index is -2.23. The number of halogens is 2. The second-order valence-corrected chi connectivity index (χ2v) is 8.02. The van der Waals surface area contributed by atoms with E-state index in [1.807, 2.05) is 19.0 Å². The zero-order valence-electron chi connectivity index (χ0n) is 15.4. The van der Waals surface area contributed by atoms with Gasteiger partial charge in [-0.25, -0.2) is 4.79 Å². The van der Waals surface area contributed by atoms with Gasteiger partial charge in [0.2, 0.25) is 0 Å². The summed E-state index contributed by atoms with van der Waals surface area (Å²) in [5, 5.41) is 17.5. The Morgan fingerprint density at radius 3 is 2.61 bits per heavy atom. The van der Waals surface area contributed by atoms with E-state index in [4.69, 9.17) is 11.6 Å². The largest absolute Gasteiger partial charge is 0.359 e. The van der Waals surface area contributed by atoms with Crippen molar-refractivity contribution >= 4 is 50.8 Å². The summed E-state index contributed by atoms with van der Waals surface area (Å²) in [6.07, 6.45) is 0. The van der Waals surface area contributed by atoms with Gasteiger partial charge in [0.1, 0.15) is 0 Å². The number of nitrogens with zero attached hydrogens (tertiary/aromatic N) is 2. The molecule has 0 saturated heterocycles. The van der Waals surface area contributed by atoms with Crippen LogP contribution in [0.5, 0.6) is 0 Å². The van der Waals surface area contributed by atoms with Crippen LogP contribution >= 0.6 is 27.5 Å². The maximum Gasteiger partial charge on any atom is 0.329 e. The molecule has 1 aliphatic heterocycles. The number of nitrogens with one attached hydrogen (secondary N) is 2. The van der Waals surface area contributed by atoms with Crippen LogP contribution in [0.25, 0.3) is 0 Å². The van der Waals surface area contributed by atoms with Gasteiger partial charge in [0.25, 0.3) is 11.6 Å². The third-order valence-electron chi connectivity index (χ3n) is 4.37. The number of hydrogen-bond donors (Lipinski definition) is 3. The molecule has 7 nitrogen and oxygen atoms in total. The monoisotopic (exact) mass is 466 g/mol. The van der Waals surface area contributed by atoms with Crippen molar-refractivity contribution in [2.24, 2.45) is 0 Å². The van der Waals surface area contributed by atoms with E-state index in [-0.39, 0.29) is 5.56 Å². The minimum absolute atomic E-state index is 0.263. The van der Waals surface area contributed by atoms with Gasteiger partial charge in [0, 0.05) is 33.8 Å². The standard InChI is InChI=1S/C19H20BrClN4O3/c1-24(2)10-9-22-17(26)19(28)15-11-12(20)3-8-16(15)23-18(27)25(19)14-6-4-13(21)5-7-14/h3-8,11,28H,9-10H2,1-2H3,(H,22,26)(H,23,27)/t19-/m0/s1. The Morgan fingerprint density at radius 1 is 1.29 bits per heavy atom. The second kappa shape index (κ2) is 8.08. The molecule has 9 heteroatoms. The number of fused-ring (bicyclic) bond motifs is 1. The molecule has 0 bridgehead atoms. The van der Waals surface area contributed by atoms with E-state index in [0.29, 0.717) is 34.0 Å². The average molecular weight is 468 g/mol. The molecule has 2 aromatic rings. The smallest absolute Gasteiger partial charge is 0.329 e. The molecule has 0 spiro atoms. The van der Waals surface area contributed by atoms with Gasteiger partial charge in [0.05, 0.1) is 5.69 Å². The van der Waals surface area contributed by atoms with Crippen molar-refractivity contribution in [3.63, 3.8) is 0 Å². The Bertz CT molecular complexity index is 907. The van der Waals surface area contributed by atoms with Gasteiger partial charge in [-0.15, -0.1) is 0 Å². The highest BCUT2D eigenvalue weighted by Crippen LogP contribution is 2.41. The molecule has 3 amide bonds. The highest BCUT2D eigenvalue weighted by Gasteiger charge is 2.52. The highest BCUT2D eigenvalue weighted by atomic mass is 79.9. The highest BCUT2D eigenvalue weighted by molar-refractivity contribution is 9.10. The lowest BCUT2D eigenvalue weighted by Crippen LogP contribution is -2.63. The summed E-state index contributed by atoms with van der Waals surface area (Å²) in [5.74, 6) is -0.696. The molecule has 2 aromatic carbocycles. The van der Waals surface area contributed by atoms with Gasteiger partial charge in [-0.1, -0.05) is 27.5 Å².